The first-order chi connectivity index (χ1) is 8.40. The van der Waals surface area contributed by atoms with Gasteiger partial charge in [-0.2, -0.15) is 0 Å². The fraction of sp³-hybridized carbons (Fsp3) is 0.100. The summed E-state index contributed by atoms with van der Waals surface area (Å²) in [5, 5.41) is 2.23. The van der Waals surface area contributed by atoms with Crippen LogP contribution >= 0.6 is 34.4 Å². The standard InChI is InChI=1S/C10H9S3.ClHO4/c1-11-10-12-7-9(13-10)8-5-3-2-4-6-8;2-1(3,4)5/h2-7H,1H3;(H,2,3,4,5)/q+1;/p-1. The van der Waals surface area contributed by atoms with Crippen molar-refractivity contribution in [2.75, 3.05) is 6.26 Å². The molecule has 0 atom stereocenters. The zero-order chi connectivity index (χ0) is 13.6. The Kier molecular flexibility index (Phi) is 6.47. The normalized spacial score (nSPS) is 10.7. The van der Waals surface area contributed by atoms with Crippen molar-refractivity contribution in [1.82, 2.24) is 0 Å². The van der Waals surface area contributed by atoms with Gasteiger partial charge in [0.15, 0.2) is 4.88 Å². The highest BCUT2D eigenvalue weighted by Gasteiger charge is 2.13. The van der Waals surface area contributed by atoms with Crippen molar-refractivity contribution in [3.05, 3.63) is 35.7 Å². The molecule has 0 unspecified atom stereocenters. The third-order valence-corrected chi connectivity index (χ3v) is 5.53. The van der Waals surface area contributed by atoms with E-state index in [4.69, 9.17) is 18.6 Å². The Morgan fingerprint density at radius 1 is 1.11 bits per heavy atom. The molecule has 0 saturated heterocycles. The lowest BCUT2D eigenvalue weighted by Crippen LogP contribution is -2.68. The molecule has 1 aromatic carbocycles. The van der Waals surface area contributed by atoms with E-state index in [2.05, 4.69) is 42.0 Å². The number of benzene rings is 1. The van der Waals surface area contributed by atoms with Crippen LogP contribution in [0.1, 0.15) is 0 Å². The zero-order valence-corrected chi connectivity index (χ0v) is 12.4. The van der Waals surface area contributed by atoms with Crippen molar-refractivity contribution in [2.45, 2.75) is 3.52 Å². The molecule has 0 fully saturated rings. The first kappa shape index (κ1) is 15.8. The van der Waals surface area contributed by atoms with Gasteiger partial charge in [0.1, 0.15) is 16.7 Å². The van der Waals surface area contributed by atoms with Crippen molar-refractivity contribution in [1.29, 1.82) is 0 Å². The molecule has 0 aliphatic heterocycles. The van der Waals surface area contributed by atoms with E-state index in [1.807, 2.05) is 34.4 Å². The highest BCUT2D eigenvalue weighted by molar-refractivity contribution is 8.02. The van der Waals surface area contributed by atoms with Crippen LogP contribution in [0.4, 0.5) is 0 Å². The topological polar surface area (TPSA) is 92.2 Å². The first-order valence-electron chi connectivity index (χ1n) is 4.53. The fourth-order valence-electron chi connectivity index (χ4n) is 1.06. The number of rotatable bonds is 2. The first-order valence-corrected chi connectivity index (χ1v) is 8.68. The summed E-state index contributed by atoms with van der Waals surface area (Å²) in [5.74, 6) is 0. The lowest BCUT2D eigenvalue weighted by Gasteiger charge is -2.17. The van der Waals surface area contributed by atoms with Crippen LogP contribution in [0.3, 0.4) is 0 Å². The minimum absolute atomic E-state index is 1.32. The SMILES string of the molecule is CSc1sc(-c2ccccc2)c[s+]1.[O-][Cl+3]([O-])([O-])[O-]. The summed E-state index contributed by atoms with van der Waals surface area (Å²) in [6.45, 7) is 0. The molecular formula is C10H9ClO4S3. The summed E-state index contributed by atoms with van der Waals surface area (Å²) in [6.07, 6.45) is 2.12. The van der Waals surface area contributed by atoms with Crippen LogP contribution in [0, 0.1) is 10.2 Å². The molecule has 0 aliphatic rings. The minimum atomic E-state index is -4.94. The lowest BCUT2D eigenvalue weighted by atomic mass is 10.2. The molecule has 4 nitrogen and oxygen atoms in total. The van der Waals surface area contributed by atoms with Gasteiger partial charge in [0.05, 0.1) is 11.3 Å². The molecule has 0 radical (unpaired) electrons. The Morgan fingerprint density at radius 3 is 2.11 bits per heavy atom. The smallest absolute Gasteiger partial charge is 0.222 e. The molecule has 98 valence electrons. The summed E-state index contributed by atoms with van der Waals surface area (Å²) in [7, 11) is -4.94. The van der Waals surface area contributed by atoms with Gasteiger partial charge >= 0.3 is 3.52 Å². The molecule has 18 heavy (non-hydrogen) atoms. The molecule has 0 amide bonds. The second-order valence-electron chi connectivity index (χ2n) is 2.90. The van der Waals surface area contributed by atoms with Crippen molar-refractivity contribution in [3.8, 4) is 10.4 Å². The summed E-state index contributed by atoms with van der Waals surface area (Å²) in [5.41, 5.74) is 1.32. The number of halogens is 1. The Hall–Kier alpha value is -0.250. The number of thioether (sulfide) groups is 1. The molecule has 0 bridgehead atoms. The van der Waals surface area contributed by atoms with Crippen LogP contribution in [0.15, 0.2) is 39.2 Å². The molecule has 0 aliphatic carbocycles. The maximum Gasteiger partial charge on any atom is 0.312 e. The number of hydrogen-bond donors (Lipinski definition) is 0. The Bertz CT molecular complexity index is 463. The van der Waals surface area contributed by atoms with Crippen LogP contribution in [0.5, 0.6) is 0 Å². The van der Waals surface area contributed by atoms with Gasteiger partial charge in [0.25, 0.3) is 0 Å². The van der Waals surface area contributed by atoms with Crippen molar-refractivity contribution in [2.24, 2.45) is 0 Å². The highest BCUT2D eigenvalue weighted by Crippen LogP contribution is 2.36. The predicted octanol–water partition coefficient (Wildman–Crippen LogP) is -0.276. The van der Waals surface area contributed by atoms with Gasteiger partial charge in [-0.15, -0.1) is 10.2 Å². The Labute approximate surface area is 119 Å². The molecule has 2 rings (SSSR count). The van der Waals surface area contributed by atoms with E-state index in [-0.39, 0.29) is 0 Å². The van der Waals surface area contributed by atoms with Gasteiger partial charge in [-0.05, 0) is 6.26 Å². The van der Waals surface area contributed by atoms with Gasteiger partial charge in [-0.1, -0.05) is 42.1 Å². The van der Waals surface area contributed by atoms with Gasteiger partial charge in [0.2, 0.25) is 0 Å². The summed E-state index contributed by atoms with van der Waals surface area (Å²) < 4.78 is 35.4. The van der Waals surface area contributed by atoms with Gasteiger partial charge in [-0.3, -0.25) is 0 Å². The molecule has 0 N–H and O–H groups in total. The molecule has 1 aromatic heterocycles. The van der Waals surface area contributed by atoms with Gasteiger partial charge in [-0.25, -0.2) is 18.6 Å². The predicted molar refractivity (Wildman–Crippen MR) is 63.8 cm³/mol. The van der Waals surface area contributed by atoms with Gasteiger partial charge in [0, 0.05) is 5.56 Å². The van der Waals surface area contributed by atoms with Gasteiger partial charge < -0.3 is 0 Å². The van der Waals surface area contributed by atoms with Crippen molar-refractivity contribution in [3.63, 3.8) is 0 Å². The fourth-order valence-corrected chi connectivity index (χ4v) is 3.91. The largest absolute Gasteiger partial charge is 0.312 e. The van der Waals surface area contributed by atoms with E-state index < -0.39 is 10.2 Å². The van der Waals surface area contributed by atoms with Crippen molar-refractivity contribution < 1.29 is 28.9 Å². The second-order valence-corrected chi connectivity index (χ2v) is 7.18. The van der Waals surface area contributed by atoms with Crippen LogP contribution in [0.25, 0.3) is 10.4 Å². The third-order valence-electron chi connectivity index (χ3n) is 1.68. The average Bonchev–Trinajstić information content (AvgIpc) is 2.76. The third kappa shape index (κ3) is 6.62. The monoisotopic (exact) mass is 324 g/mol. The summed E-state index contributed by atoms with van der Waals surface area (Å²) in [6, 6.07) is 10.5. The van der Waals surface area contributed by atoms with Crippen molar-refractivity contribution >= 4 is 34.4 Å². The molecule has 0 saturated carbocycles. The summed E-state index contributed by atoms with van der Waals surface area (Å²) >= 11 is 5.51. The van der Waals surface area contributed by atoms with Crippen LogP contribution in [-0.4, -0.2) is 6.26 Å². The molecule has 1 heterocycles. The zero-order valence-electron chi connectivity index (χ0n) is 9.20. The van der Waals surface area contributed by atoms with Crippen LogP contribution in [-0.2, 0) is 0 Å². The Balaban J connectivity index is 0.000000280. The quantitative estimate of drug-likeness (QED) is 0.560. The average molecular weight is 325 g/mol. The highest BCUT2D eigenvalue weighted by atomic mass is 35.7. The van der Waals surface area contributed by atoms with E-state index in [1.54, 1.807) is 0 Å². The maximum absolute atomic E-state index is 8.49. The van der Waals surface area contributed by atoms with E-state index in [0.29, 0.717) is 0 Å². The molecular weight excluding hydrogens is 316 g/mol. The Morgan fingerprint density at radius 2 is 1.67 bits per heavy atom. The van der Waals surface area contributed by atoms with E-state index in [1.165, 1.54) is 14.0 Å². The molecule has 2 aromatic rings. The van der Waals surface area contributed by atoms with E-state index >= 15 is 0 Å². The molecule has 8 heteroatoms. The van der Waals surface area contributed by atoms with E-state index in [9.17, 15) is 0 Å². The maximum atomic E-state index is 8.49. The second kappa shape index (κ2) is 7.37. The summed E-state index contributed by atoms with van der Waals surface area (Å²) in [4.78, 5) is 1.37. The lowest BCUT2D eigenvalue weighted by molar-refractivity contribution is -2.00. The number of hydrogen-bond acceptors (Lipinski definition) is 6. The minimum Gasteiger partial charge on any atom is -0.222 e. The van der Waals surface area contributed by atoms with E-state index in [0.717, 1.165) is 0 Å². The molecule has 0 spiro atoms. The van der Waals surface area contributed by atoms with Crippen LogP contribution in [0.2, 0.25) is 0 Å². The van der Waals surface area contributed by atoms with Crippen LogP contribution < -0.4 is 18.6 Å².